The fourth-order valence-electron chi connectivity index (χ4n) is 3.03. The molecule has 1 aliphatic heterocycles. The van der Waals surface area contributed by atoms with E-state index in [0.717, 1.165) is 32.6 Å². The van der Waals surface area contributed by atoms with Gasteiger partial charge in [0, 0.05) is 28.1 Å². The van der Waals surface area contributed by atoms with Crippen molar-refractivity contribution in [2.75, 3.05) is 12.4 Å². The summed E-state index contributed by atoms with van der Waals surface area (Å²) in [6.45, 7) is 4.11. The van der Waals surface area contributed by atoms with E-state index in [4.69, 9.17) is 4.74 Å². The molecule has 0 bridgehead atoms. The maximum atomic E-state index is 12.2. The van der Waals surface area contributed by atoms with Crippen molar-refractivity contribution >= 4 is 27.5 Å². The number of halogens is 1. The lowest BCUT2D eigenvalue weighted by Gasteiger charge is -2.29. The Bertz CT molecular complexity index is 755. The highest BCUT2D eigenvalue weighted by molar-refractivity contribution is 9.10. The quantitative estimate of drug-likeness (QED) is 0.853. The molecule has 0 aromatic heterocycles. The van der Waals surface area contributed by atoms with Gasteiger partial charge >= 0.3 is 0 Å². The van der Waals surface area contributed by atoms with Gasteiger partial charge in [0.05, 0.1) is 7.11 Å². The first-order valence-electron chi connectivity index (χ1n) is 7.24. The lowest BCUT2D eigenvalue weighted by Crippen LogP contribution is -2.24. The summed E-state index contributed by atoms with van der Waals surface area (Å²) < 4.78 is 6.49. The third kappa shape index (κ3) is 2.52. The van der Waals surface area contributed by atoms with E-state index in [1.165, 1.54) is 5.56 Å². The lowest BCUT2D eigenvalue weighted by atomic mass is 9.82. The van der Waals surface area contributed by atoms with E-state index < -0.39 is 0 Å². The van der Waals surface area contributed by atoms with Crippen LogP contribution in [0.1, 0.15) is 34.6 Å². The largest absolute Gasteiger partial charge is 0.496 e. The monoisotopic (exact) mass is 359 g/mol. The van der Waals surface area contributed by atoms with Crippen LogP contribution in [0.5, 0.6) is 5.75 Å². The molecule has 0 aliphatic carbocycles. The minimum atomic E-state index is 0.00972. The number of hydrogen-bond donors (Lipinski definition) is 1. The van der Waals surface area contributed by atoms with Crippen LogP contribution in [0.2, 0.25) is 0 Å². The van der Waals surface area contributed by atoms with Crippen molar-refractivity contribution in [1.82, 2.24) is 0 Å². The van der Waals surface area contributed by atoms with Crippen LogP contribution >= 0.6 is 15.9 Å². The average molecular weight is 360 g/mol. The third-order valence-electron chi connectivity index (χ3n) is 4.36. The predicted octanol–water partition coefficient (Wildman–Crippen LogP) is 4.55. The molecule has 4 heteroatoms. The van der Waals surface area contributed by atoms with Gasteiger partial charge < -0.3 is 10.1 Å². The van der Waals surface area contributed by atoms with Gasteiger partial charge in [0.2, 0.25) is 5.91 Å². The van der Waals surface area contributed by atoms with Crippen molar-refractivity contribution < 1.29 is 9.53 Å². The van der Waals surface area contributed by atoms with Crippen LogP contribution in [-0.4, -0.2) is 13.0 Å². The molecule has 0 saturated heterocycles. The molecular weight excluding hydrogens is 342 g/mol. The molecule has 1 aliphatic rings. The van der Waals surface area contributed by atoms with Crippen LogP contribution in [0.15, 0.2) is 34.8 Å². The van der Waals surface area contributed by atoms with Crippen LogP contribution in [0.3, 0.4) is 0 Å². The highest BCUT2D eigenvalue weighted by atomic mass is 79.9. The fourth-order valence-corrected chi connectivity index (χ4v) is 3.41. The van der Waals surface area contributed by atoms with Crippen LogP contribution in [0.25, 0.3) is 0 Å². The summed E-state index contributed by atoms with van der Waals surface area (Å²) in [5, 5.41) is 3.03. The first-order chi connectivity index (χ1) is 10.5. The number of nitrogens with one attached hydrogen (secondary N) is 1. The molecule has 2 aromatic carbocycles. The van der Waals surface area contributed by atoms with E-state index in [-0.39, 0.29) is 11.8 Å². The Kier molecular flexibility index (Phi) is 3.96. The second-order valence-electron chi connectivity index (χ2n) is 5.66. The number of methoxy groups -OCH3 is 1. The van der Waals surface area contributed by atoms with Crippen molar-refractivity contribution in [3.05, 3.63) is 57.1 Å². The molecule has 1 atom stereocenters. The van der Waals surface area contributed by atoms with Gasteiger partial charge in [-0.05, 0) is 48.7 Å². The van der Waals surface area contributed by atoms with Crippen molar-refractivity contribution in [3.8, 4) is 5.75 Å². The van der Waals surface area contributed by atoms with Crippen LogP contribution < -0.4 is 10.1 Å². The molecular formula is C18H18BrNO2. The van der Waals surface area contributed by atoms with E-state index >= 15 is 0 Å². The third-order valence-corrected chi connectivity index (χ3v) is 4.86. The Morgan fingerprint density at radius 2 is 1.95 bits per heavy atom. The Labute approximate surface area is 138 Å². The SMILES string of the molecule is COc1ccc(Br)cc1[C@H]1CC(=O)Nc2c1ccc(C)c2C. The summed E-state index contributed by atoms with van der Waals surface area (Å²) in [6, 6.07) is 10.2. The van der Waals surface area contributed by atoms with Gasteiger partial charge in [0.25, 0.3) is 0 Å². The number of fused-ring (bicyclic) bond motifs is 1. The molecule has 3 nitrogen and oxygen atoms in total. The molecule has 1 amide bonds. The van der Waals surface area contributed by atoms with Gasteiger partial charge in [-0.15, -0.1) is 0 Å². The maximum absolute atomic E-state index is 12.2. The van der Waals surface area contributed by atoms with Crippen molar-refractivity contribution in [3.63, 3.8) is 0 Å². The van der Waals surface area contributed by atoms with Gasteiger partial charge in [0.1, 0.15) is 5.75 Å². The molecule has 0 radical (unpaired) electrons. The van der Waals surface area contributed by atoms with Gasteiger partial charge in [-0.3, -0.25) is 4.79 Å². The Balaban J connectivity index is 2.20. The number of rotatable bonds is 2. The molecule has 22 heavy (non-hydrogen) atoms. The summed E-state index contributed by atoms with van der Waals surface area (Å²) in [5.74, 6) is 0.871. The standard InChI is InChI=1S/C18H18BrNO2/c1-10-4-6-13-14(9-17(21)20-18(13)11(10)2)15-8-12(19)5-7-16(15)22-3/h4-8,14H,9H2,1-3H3,(H,20,21)/t14-/m0/s1. The summed E-state index contributed by atoms with van der Waals surface area (Å²) in [4.78, 5) is 12.2. The zero-order valence-electron chi connectivity index (χ0n) is 12.9. The topological polar surface area (TPSA) is 38.3 Å². The number of benzene rings is 2. The van der Waals surface area contributed by atoms with E-state index in [9.17, 15) is 4.79 Å². The zero-order chi connectivity index (χ0) is 15.9. The summed E-state index contributed by atoms with van der Waals surface area (Å²) in [5.41, 5.74) is 5.45. The van der Waals surface area contributed by atoms with Gasteiger partial charge in [0.15, 0.2) is 0 Å². The van der Waals surface area contributed by atoms with E-state index in [0.29, 0.717) is 6.42 Å². The van der Waals surface area contributed by atoms with Crippen LogP contribution in [-0.2, 0) is 4.79 Å². The first kappa shape index (κ1) is 15.1. The minimum absolute atomic E-state index is 0.00972. The number of aryl methyl sites for hydroxylation is 1. The number of carbonyl (C=O) groups excluding carboxylic acids is 1. The van der Waals surface area contributed by atoms with E-state index in [2.05, 4.69) is 47.2 Å². The molecule has 0 fully saturated rings. The Morgan fingerprint density at radius 3 is 2.68 bits per heavy atom. The number of amides is 1. The van der Waals surface area contributed by atoms with E-state index in [1.807, 2.05) is 18.2 Å². The number of anilines is 1. The first-order valence-corrected chi connectivity index (χ1v) is 8.04. The second-order valence-corrected chi connectivity index (χ2v) is 6.58. The lowest BCUT2D eigenvalue weighted by molar-refractivity contribution is -0.116. The summed E-state index contributed by atoms with van der Waals surface area (Å²) in [6.07, 6.45) is 0.433. The van der Waals surface area contributed by atoms with Crippen LogP contribution in [0.4, 0.5) is 5.69 Å². The molecule has 1 N–H and O–H groups in total. The Morgan fingerprint density at radius 1 is 1.18 bits per heavy atom. The average Bonchev–Trinajstić information content (AvgIpc) is 2.50. The highest BCUT2D eigenvalue weighted by Gasteiger charge is 2.29. The fraction of sp³-hybridized carbons (Fsp3) is 0.278. The second kappa shape index (κ2) is 5.76. The van der Waals surface area contributed by atoms with Crippen molar-refractivity contribution in [2.45, 2.75) is 26.2 Å². The molecule has 1 heterocycles. The van der Waals surface area contributed by atoms with Crippen molar-refractivity contribution in [2.24, 2.45) is 0 Å². The molecule has 114 valence electrons. The van der Waals surface area contributed by atoms with Gasteiger partial charge in [-0.1, -0.05) is 28.1 Å². The predicted molar refractivity (Wildman–Crippen MR) is 91.7 cm³/mol. The summed E-state index contributed by atoms with van der Waals surface area (Å²) >= 11 is 3.52. The number of ether oxygens (including phenoxy) is 1. The molecule has 0 saturated carbocycles. The molecule has 3 rings (SSSR count). The van der Waals surface area contributed by atoms with Gasteiger partial charge in [-0.25, -0.2) is 0 Å². The zero-order valence-corrected chi connectivity index (χ0v) is 14.5. The molecule has 0 spiro atoms. The van der Waals surface area contributed by atoms with Gasteiger partial charge in [-0.2, -0.15) is 0 Å². The highest BCUT2D eigenvalue weighted by Crippen LogP contribution is 2.43. The van der Waals surface area contributed by atoms with Crippen LogP contribution in [0, 0.1) is 13.8 Å². The normalized spacial score (nSPS) is 16.9. The molecule has 0 unspecified atom stereocenters. The van der Waals surface area contributed by atoms with E-state index in [1.54, 1.807) is 7.11 Å². The molecule has 2 aromatic rings. The Hall–Kier alpha value is -1.81. The number of hydrogen-bond acceptors (Lipinski definition) is 2. The summed E-state index contributed by atoms with van der Waals surface area (Å²) in [7, 11) is 1.66. The van der Waals surface area contributed by atoms with Crippen molar-refractivity contribution in [1.29, 1.82) is 0 Å². The minimum Gasteiger partial charge on any atom is -0.496 e. The number of carbonyl (C=O) groups is 1. The smallest absolute Gasteiger partial charge is 0.225 e. The maximum Gasteiger partial charge on any atom is 0.225 e.